The first-order valence-electron chi connectivity index (χ1n) is 9.76. The topological polar surface area (TPSA) is 77.0 Å². The number of rotatable bonds is 7. The molecule has 7 nitrogen and oxygen atoms in total. The van der Waals surface area contributed by atoms with Crippen molar-refractivity contribution in [3.8, 4) is 5.69 Å². The molecule has 148 valence electrons. The van der Waals surface area contributed by atoms with Crippen molar-refractivity contribution in [1.29, 1.82) is 0 Å². The highest BCUT2D eigenvalue weighted by Gasteiger charge is 2.21. The second-order valence-corrected chi connectivity index (χ2v) is 7.04. The molecule has 0 spiro atoms. The summed E-state index contributed by atoms with van der Waals surface area (Å²) in [4.78, 5) is 15.0. The van der Waals surface area contributed by atoms with Crippen LogP contribution in [0, 0.1) is 0 Å². The molecule has 0 atom stereocenters. The lowest BCUT2D eigenvalue weighted by Gasteiger charge is -2.19. The van der Waals surface area contributed by atoms with Gasteiger partial charge in [0.1, 0.15) is 17.7 Å². The summed E-state index contributed by atoms with van der Waals surface area (Å²) in [5.74, 6) is 0.865. The zero-order valence-electron chi connectivity index (χ0n) is 16.6. The van der Waals surface area contributed by atoms with Crippen LogP contribution in [-0.2, 0) is 13.0 Å². The maximum atomic E-state index is 13.3. The number of unbranched alkanes of at least 4 members (excludes halogenated alkanes) is 1. The van der Waals surface area contributed by atoms with Crippen LogP contribution >= 0.6 is 0 Å². The monoisotopic (exact) mass is 389 g/mol. The van der Waals surface area contributed by atoms with Gasteiger partial charge in [0.2, 0.25) is 0 Å². The Morgan fingerprint density at radius 3 is 2.72 bits per heavy atom. The maximum absolute atomic E-state index is 13.3. The minimum absolute atomic E-state index is 0.0946. The fraction of sp³-hybridized carbons (Fsp3) is 0.273. The molecular weight excluding hydrogens is 366 g/mol. The van der Waals surface area contributed by atoms with Gasteiger partial charge in [-0.25, -0.2) is 0 Å². The van der Waals surface area contributed by atoms with Gasteiger partial charge in [-0.2, -0.15) is 4.68 Å². The summed E-state index contributed by atoms with van der Waals surface area (Å²) in [7, 11) is 1.81. The summed E-state index contributed by atoms with van der Waals surface area (Å²) in [6, 6.07) is 15.3. The molecule has 0 radical (unpaired) electrons. The Kier molecular flexibility index (Phi) is 5.37. The first-order chi connectivity index (χ1) is 14.2. The second kappa shape index (κ2) is 8.26. The highest BCUT2D eigenvalue weighted by molar-refractivity contribution is 5.97. The first kappa shape index (κ1) is 18.9. The predicted molar refractivity (Wildman–Crippen MR) is 110 cm³/mol. The number of hydrogen-bond donors (Lipinski definition) is 0. The number of fused-ring (bicyclic) bond motifs is 1. The first-order valence-corrected chi connectivity index (χ1v) is 9.76. The molecule has 0 aliphatic heterocycles. The average molecular weight is 389 g/mol. The van der Waals surface area contributed by atoms with Crippen LogP contribution < -0.4 is 0 Å². The van der Waals surface area contributed by atoms with Crippen LogP contribution in [0.5, 0.6) is 0 Å². The molecule has 4 rings (SSSR count). The van der Waals surface area contributed by atoms with E-state index in [9.17, 15) is 4.79 Å². The van der Waals surface area contributed by atoms with Gasteiger partial charge in [-0.1, -0.05) is 43.7 Å². The third kappa shape index (κ3) is 3.76. The van der Waals surface area contributed by atoms with Gasteiger partial charge in [0.25, 0.3) is 5.91 Å². The molecule has 0 saturated carbocycles. The number of hydrogen-bond acceptors (Lipinski definition) is 5. The molecule has 29 heavy (non-hydrogen) atoms. The van der Waals surface area contributed by atoms with Crippen molar-refractivity contribution in [2.75, 3.05) is 7.05 Å². The molecule has 2 aromatic heterocycles. The number of carbonyl (C=O) groups excluding carboxylic acids is 1. The van der Waals surface area contributed by atoms with Gasteiger partial charge in [0.15, 0.2) is 0 Å². The van der Waals surface area contributed by atoms with Crippen LogP contribution in [0.15, 0.2) is 59.3 Å². The highest BCUT2D eigenvalue weighted by Crippen LogP contribution is 2.29. The van der Waals surface area contributed by atoms with Crippen molar-refractivity contribution in [3.05, 3.63) is 71.7 Å². The molecule has 0 unspecified atom stereocenters. The van der Waals surface area contributed by atoms with E-state index in [-0.39, 0.29) is 5.91 Å². The van der Waals surface area contributed by atoms with Gasteiger partial charge in [0.05, 0.1) is 11.3 Å². The van der Waals surface area contributed by atoms with E-state index in [4.69, 9.17) is 4.42 Å². The fourth-order valence-corrected chi connectivity index (χ4v) is 3.50. The summed E-state index contributed by atoms with van der Waals surface area (Å²) in [6.07, 6.45) is 4.49. The van der Waals surface area contributed by atoms with Crippen LogP contribution in [0.4, 0.5) is 0 Å². The van der Waals surface area contributed by atoms with Crippen molar-refractivity contribution in [2.24, 2.45) is 0 Å². The largest absolute Gasteiger partial charge is 0.461 e. The van der Waals surface area contributed by atoms with Crippen molar-refractivity contribution in [1.82, 2.24) is 25.1 Å². The Morgan fingerprint density at radius 1 is 1.14 bits per heavy atom. The van der Waals surface area contributed by atoms with E-state index in [1.165, 1.54) is 11.0 Å². The van der Waals surface area contributed by atoms with Gasteiger partial charge in [-0.3, -0.25) is 4.79 Å². The zero-order chi connectivity index (χ0) is 20.2. The van der Waals surface area contributed by atoms with E-state index in [2.05, 4.69) is 28.5 Å². The van der Waals surface area contributed by atoms with Crippen LogP contribution in [0.2, 0.25) is 0 Å². The number of amides is 1. The number of carbonyl (C=O) groups is 1. The van der Waals surface area contributed by atoms with Crippen molar-refractivity contribution in [3.63, 3.8) is 0 Å². The predicted octanol–water partition coefficient (Wildman–Crippen LogP) is 4.02. The summed E-state index contributed by atoms with van der Waals surface area (Å²) < 4.78 is 7.60. The lowest BCUT2D eigenvalue weighted by Crippen LogP contribution is -2.27. The third-order valence-corrected chi connectivity index (χ3v) is 5.01. The summed E-state index contributed by atoms with van der Waals surface area (Å²) in [5.41, 5.74) is 3.14. The number of para-hydroxylation sites is 2. The summed E-state index contributed by atoms with van der Waals surface area (Å²) in [6.45, 7) is 2.63. The number of nitrogens with zero attached hydrogens (tertiary/aromatic N) is 5. The van der Waals surface area contributed by atoms with Crippen LogP contribution in [0.3, 0.4) is 0 Å². The van der Waals surface area contributed by atoms with Crippen molar-refractivity contribution < 1.29 is 9.21 Å². The molecule has 0 aliphatic carbocycles. The molecule has 0 fully saturated rings. The molecule has 0 bridgehead atoms. The van der Waals surface area contributed by atoms with Gasteiger partial charge in [-0.05, 0) is 35.0 Å². The van der Waals surface area contributed by atoms with E-state index in [0.29, 0.717) is 17.8 Å². The van der Waals surface area contributed by atoms with Gasteiger partial charge in [-0.15, -0.1) is 5.10 Å². The number of aromatic nitrogens is 4. The number of furan rings is 1. The molecule has 0 aliphatic rings. The Labute approximate surface area is 168 Å². The lowest BCUT2D eigenvalue weighted by molar-refractivity contribution is 0.0785. The molecule has 4 aromatic rings. The molecular formula is C22H23N5O2. The van der Waals surface area contributed by atoms with Gasteiger partial charge >= 0.3 is 0 Å². The Hall–Kier alpha value is -3.48. The van der Waals surface area contributed by atoms with Gasteiger partial charge in [0, 0.05) is 31.0 Å². The van der Waals surface area contributed by atoms with E-state index in [1.807, 2.05) is 43.4 Å². The average Bonchev–Trinajstić information content (AvgIpc) is 3.40. The Bertz CT molecular complexity index is 1120. The van der Waals surface area contributed by atoms with E-state index < -0.39 is 0 Å². The molecule has 7 heteroatoms. The highest BCUT2D eigenvalue weighted by atomic mass is 16.3. The third-order valence-electron chi connectivity index (χ3n) is 5.01. The number of tetrazole rings is 1. The van der Waals surface area contributed by atoms with E-state index in [1.54, 1.807) is 11.0 Å². The molecule has 1 amide bonds. The molecule has 0 saturated heterocycles. The molecule has 2 aromatic carbocycles. The SMILES string of the molecule is CCCCc1oc2ccccc2c1CN(C)C(=O)c1ccccc1-n1cnnn1. The normalized spacial score (nSPS) is 11.1. The maximum Gasteiger partial charge on any atom is 0.256 e. The van der Waals surface area contributed by atoms with Crippen LogP contribution in [-0.4, -0.2) is 38.1 Å². The number of aryl methyl sites for hydroxylation is 1. The van der Waals surface area contributed by atoms with E-state index in [0.717, 1.165) is 41.6 Å². The van der Waals surface area contributed by atoms with Gasteiger partial charge < -0.3 is 9.32 Å². The zero-order valence-corrected chi connectivity index (χ0v) is 16.6. The quantitative estimate of drug-likeness (QED) is 0.477. The van der Waals surface area contributed by atoms with Crippen molar-refractivity contribution in [2.45, 2.75) is 32.7 Å². The summed E-state index contributed by atoms with van der Waals surface area (Å²) >= 11 is 0. The summed E-state index contributed by atoms with van der Waals surface area (Å²) in [5, 5.41) is 12.3. The van der Waals surface area contributed by atoms with E-state index >= 15 is 0 Å². The fourth-order valence-electron chi connectivity index (χ4n) is 3.50. The minimum Gasteiger partial charge on any atom is -0.461 e. The van der Waals surface area contributed by atoms with Crippen LogP contribution in [0.1, 0.15) is 41.4 Å². The molecule has 0 N–H and O–H groups in total. The lowest BCUT2D eigenvalue weighted by atomic mass is 10.1. The number of benzene rings is 2. The smallest absolute Gasteiger partial charge is 0.256 e. The second-order valence-electron chi connectivity index (χ2n) is 7.04. The minimum atomic E-state index is -0.0946. The Balaban J connectivity index is 1.65. The van der Waals surface area contributed by atoms with Crippen molar-refractivity contribution >= 4 is 16.9 Å². The molecule has 2 heterocycles. The van der Waals surface area contributed by atoms with Crippen LogP contribution in [0.25, 0.3) is 16.7 Å². The Morgan fingerprint density at radius 2 is 1.93 bits per heavy atom. The standard InChI is InChI=1S/C22H23N5O2/c1-3-4-12-21-18(16-9-6-8-13-20(16)29-21)14-26(2)22(28)17-10-5-7-11-19(17)27-15-23-24-25-27/h5-11,13,15H,3-4,12,14H2,1-2H3.